The molecule has 0 spiro atoms. The standard InChI is InChI=1S/C20H21N3O/c1-15-7-6-8-16(2)19(15)23-14-18(13-21)20(24)22-12-11-17-9-4-3-5-10-17/h3-10,14,23H,11-12H2,1-2H3,(H,22,24)/b18-14-. The molecule has 2 aromatic rings. The number of hydrogen-bond donors (Lipinski definition) is 2. The molecular weight excluding hydrogens is 298 g/mol. The van der Waals surface area contributed by atoms with Crippen LogP contribution in [0.2, 0.25) is 0 Å². The second-order valence-electron chi connectivity index (χ2n) is 5.57. The highest BCUT2D eigenvalue weighted by Crippen LogP contribution is 2.19. The lowest BCUT2D eigenvalue weighted by Gasteiger charge is -2.10. The van der Waals surface area contributed by atoms with Crippen molar-refractivity contribution in [2.45, 2.75) is 20.3 Å². The fourth-order valence-electron chi connectivity index (χ4n) is 2.40. The predicted octanol–water partition coefficient (Wildman–Crippen LogP) is 3.48. The quantitative estimate of drug-likeness (QED) is 0.633. The summed E-state index contributed by atoms with van der Waals surface area (Å²) < 4.78 is 0. The molecule has 0 aliphatic carbocycles. The summed E-state index contributed by atoms with van der Waals surface area (Å²) in [5.74, 6) is -0.368. The van der Waals surface area contributed by atoms with Crippen LogP contribution in [0.1, 0.15) is 16.7 Å². The maximum Gasteiger partial charge on any atom is 0.263 e. The Balaban J connectivity index is 1.95. The van der Waals surface area contributed by atoms with Crippen molar-refractivity contribution in [2.24, 2.45) is 0 Å². The highest BCUT2D eigenvalue weighted by molar-refractivity contribution is 5.97. The Morgan fingerprint density at radius 2 is 1.75 bits per heavy atom. The van der Waals surface area contributed by atoms with E-state index in [-0.39, 0.29) is 11.5 Å². The van der Waals surface area contributed by atoms with Gasteiger partial charge in [-0.3, -0.25) is 4.79 Å². The molecule has 0 atom stereocenters. The summed E-state index contributed by atoms with van der Waals surface area (Å²) >= 11 is 0. The number of aryl methyl sites for hydroxylation is 2. The van der Waals surface area contributed by atoms with E-state index in [0.717, 1.165) is 28.8 Å². The Bertz CT molecular complexity index is 753. The number of carbonyl (C=O) groups excluding carboxylic acids is 1. The molecule has 0 bridgehead atoms. The van der Waals surface area contributed by atoms with E-state index in [1.807, 2.05) is 68.4 Å². The van der Waals surface area contributed by atoms with Crippen molar-refractivity contribution in [1.82, 2.24) is 5.32 Å². The van der Waals surface area contributed by atoms with Crippen LogP contribution in [0.15, 0.2) is 60.3 Å². The Morgan fingerprint density at radius 1 is 1.08 bits per heavy atom. The number of nitrogens with zero attached hydrogens (tertiary/aromatic N) is 1. The van der Waals surface area contributed by atoms with Gasteiger partial charge in [0.05, 0.1) is 0 Å². The first-order chi connectivity index (χ1) is 11.6. The lowest BCUT2D eigenvalue weighted by Crippen LogP contribution is -2.27. The number of anilines is 1. The number of hydrogen-bond acceptors (Lipinski definition) is 3. The fourth-order valence-corrected chi connectivity index (χ4v) is 2.40. The molecule has 4 nitrogen and oxygen atoms in total. The number of rotatable bonds is 6. The fraction of sp³-hybridized carbons (Fsp3) is 0.200. The van der Waals surface area contributed by atoms with E-state index in [2.05, 4.69) is 10.6 Å². The van der Waals surface area contributed by atoms with Crippen molar-refractivity contribution >= 4 is 11.6 Å². The minimum Gasteiger partial charge on any atom is -0.360 e. The van der Waals surface area contributed by atoms with E-state index in [1.165, 1.54) is 6.20 Å². The van der Waals surface area contributed by atoms with Crippen molar-refractivity contribution < 1.29 is 4.79 Å². The molecule has 0 saturated carbocycles. The van der Waals surface area contributed by atoms with Gasteiger partial charge in [-0.05, 0) is 37.0 Å². The van der Waals surface area contributed by atoms with Gasteiger partial charge in [0.2, 0.25) is 0 Å². The summed E-state index contributed by atoms with van der Waals surface area (Å²) in [4.78, 5) is 12.1. The molecule has 2 aromatic carbocycles. The van der Waals surface area contributed by atoms with E-state index >= 15 is 0 Å². The zero-order chi connectivity index (χ0) is 17.4. The first kappa shape index (κ1) is 17.3. The van der Waals surface area contributed by atoms with Gasteiger partial charge < -0.3 is 10.6 Å². The molecule has 2 N–H and O–H groups in total. The molecule has 122 valence electrons. The Kier molecular flexibility index (Phi) is 6.16. The van der Waals surface area contributed by atoms with Gasteiger partial charge in [-0.25, -0.2) is 0 Å². The first-order valence-electron chi connectivity index (χ1n) is 7.87. The van der Waals surface area contributed by atoms with Crippen LogP contribution in [0.4, 0.5) is 5.69 Å². The van der Waals surface area contributed by atoms with Gasteiger partial charge in [-0.2, -0.15) is 5.26 Å². The van der Waals surface area contributed by atoms with E-state index in [0.29, 0.717) is 6.54 Å². The Hall–Kier alpha value is -3.06. The van der Waals surface area contributed by atoms with Crippen LogP contribution in [0.25, 0.3) is 0 Å². The summed E-state index contributed by atoms with van der Waals surface area (Å²) in [5, 5.41) is 15.1. The molecule has 4 heteroatoms. The number of benzene rings is 2. The molecule has 0 fully saturated rings. The third-order valence-corrected chi connectivity index (χ3v) is 3.75. The average Bonchev–Trinajstić information content (AvgIpc) is 2.58. The van der Waals surface area contributed by atoms with Gasteiger partial charge in [0.1, 0.15) is 11.6 Å². The molecule has 0 unspecified atom stereocenters. The third kappa shape index (κ3) is 4.72. The molecule has 0 aromatic heterocycles. The molecule has 0 aliphatic rings. The Morgan fingerprint density at radius 3 is 2.38 bits per heavy atom. The largest absolute Gasteiger partial charge is 0.360 e. The van der Waals surface area contributed by atoms with Crippen LogP contribution in [-0.4, -0.2) is 12.5 Å². The number of carbonyl (C=O) groups is 1. The van der Waals surface area contributed by atoms with Gasteiger partial charge in [-0.15, -0.1) is 0 Å². The minimum atomic E-state index is -0.368. The molecular formula is C20H21N3O. The van der Waals surface area contributed by atoms with Crippen LogP contribution in [-0.2, 0) is 11.2 Å². The topological polar surface area (TPSA) is 64.9 Å². The molecule has 0 aliphatic heterocycles. The molecule has 0 radical (unpaired) electrons. The summed E-state index contributed by atoms with van der Waals surface area (Å²) in [7, 11) is 0. The van der Waals surface area contributed by atoms with Crippen LogP contribution >= 0.6 is 0 Å². The van der Waals surface area contributed by atoms with Gasteiger partial charge >= 0.3 is 0 Å². The monoisotopic (exact) mass is 319 g/mol. The van der Waals surface area contributed by atoms with E-state index in [4.69, 9.17) is 0 Å². The van der Waals surface area contributed by atoms with Gasteiger partial charge in [0.25, 0.3) is 5.91 Å². The van der Waals surface area contributed by atoms with Gasteiger partial charge in [0, 0.05) is 18.4 Å². The second-order valence-corrected chi connectivity index (χ2v) is 5.57. The summed E-state index contributed by atoms with van der Waals surface area (Å²) in [6.07, 6.45) is 2.20. The van der Waals surface area contributed by atoms with Crippen molar-refractivity contribution in [1.29, 1.82) is 5.26 Å². The number of amides is 1. The first-order valence-corrected chi connectivity index (χ1v) is 7.87. The predicted molar refractivity (Wildman–Crippen MR) is 96.4 cm³/mol. The lowest BCUT2D eigenvalue weighted by molar-refractivity contribution is -0.117. The minimum absolute atomic E-state index is 0.0608. The highest BCUT2D eigenvalue weighted by atomic mass is 16.1. The van der Waals surface area contributed by atoms with Crippen molar-refractivity contribution in [3.05, 3.63) is 77.0 Å². The van der Waals surface area contributed by atoms with Crippen molar-refractivity contribution in [3.8, 4) is 6.07 Å². The molecule has 1 amide bonds. The van der Waals surface area contributed by atoms with Crippen LogP contribution in [0.5, 0.6) is 0 Å². The molecule has 0 saturated heterocycles. The maximum atomic E-state index is 12.1. The van der Waals surface area contributed by atoms with Gasteiger partial charge in [-0.1, -0.05) is 48.5 Å². The van der Waals surface area contributed by atoms with Crippen LogP contribution in [0.3, 0.4) is 0 Å². The van der Waals surface area contributed by atoms with E-state index < -0.39 is 0 Å². The second kappa shape index (κ2) is 8.54. The number of nitriles is 1. The lowest BCUT2D eigenvalue weighted by atomic mass is 10.1. The summed E-state index contributed by atoms with van der Waals surface area (Å²) in [6, 6.07) is 17.8. The Labute approximate surface area is 142 Å². The van der Waals surface area contributed by atoms with Crippen molar-refractivity contribution in [2.75, 3.05) is 11.9 Å². The normalized spacial score (nSPS) is 10.8. The van der Waals surface area contributed by atoms with E-state index in [9.17, 15) is 10.1 Å². The molecule has 0 heterocycles. The zero-order valence-corrected chi connectivity index (χ0v) is 14.0. The third-order valence-electron chi connectivity index (χ3n) is 3.75. The number of nitrogens with one attached hydrogen (secondary N) is 2. The maximum absolute atomic E-state index is 12.1. The number of para-hydroxylation sites is 1. The zero-order valence-electron chi connectivity index (χ0n) is 14.0. The van der Waals surface area contributed by atoms with E-state index in [1.54, 1.807) is 0 Å². The molecule has 2 rings (SSSR count). The van der Waals surface area contributed by atoms with Crippen molar-refractivity contribution in [3.63, 3.8) is 0 Å². The highest BCUT2D eigenvalue weighted by Gasteiger charge is 2.09. The summed E-state index contributed by atoms with van der Waals surface area (Å²) in [6.45, 7) is 4.45. The molecule has 24 heavy (non-hydrogen) atoms. The SMILES string of the molecule is Cc1cccc(C)c1N/C=C(/C#N)C(=O)NCCc1ccccc1. The van der Waals surface area contributed by atoms with Crippen LogP contribution in [0, 0.1) is 25.2 Å². The summed E-state index contributed by atoms with van der Waals surface area (Å²) in [5.41, 5.74) is 4.25. The average molecular weight is 319 g/mol. The van der Waals surface area contributed by atoms with Crippen LogP contribution < -0.4 is 10.6 Å². The van der Waals surface area contributed by atoms with Gasteiger partial charge in [0.15, 0.2) is 0 Å². The smallest absolute Gasteiger partial charge is 0.263 e.